The van der Waals surface area contributed by atoms with Crippen molar-refractivity contribution in [1.29, 1.82) is 0 Å². The number of hydrogen-bond donors (Lipinski definition) is 2. The van der Waals surface area contributed by atoms with Gasteiger partial charge in [-0.15, -0.1) is 0 Å². The predicted molar refractivity (Wildman–Crippen MR) is 69.4 cm³/mol. The van der Waals surface area contributed by atoms with Crippen LogP contribution < -0.4 is 5.32 Å². The molecule has 3 nitrogen and oxygen atoms in total. The smallest absolute Gasteiger partial charge is 0.257 e. The van der Waals surface area contributed by atoms with Gasteiger partial charge >= 0.3 is 0 Å². The Morgan fingerprint density at radius 3 is 2.29 bits per heavy atom. The van der Waals surface area contributed by atoms with Crippen LogP contribution in [0.3, 0.4) is 0 Å². The van der Waals surface area contributed by atoms with E-state index in [0.29, 0.717) is 5.56 Å². The van der Waals surface area contributed by atoms with Gasteiger partial charge in [-0.2, -0.15) is 0 Å². The third-order valence-electron chi connectivity index (χ3n) is 2.70. The molecule has 88 valence electrons. The normalized spacial score (nSPS) is 10.3. The first-order chi connectivity index (χ1) is 8.06. The number of aryl methyl sites for hydroxylation is 3. The first-order valence-electron chi connectivity index (χ1n) is 5.60. The van der Waals surface area contributed by atoms with Gasteiger partial charge in [0.15, 0.2) is 0 Å². The Kier molecular flexibility index (Phi) is 3.00. The van der Waals surface area contributed by atoms with E-state index in [4.69, 9.17) is 0 Å². The molecule has 2 N–H and O–H groups in total. The van der Waals surface area contributed by atoms with Crippen molar-refractivity contribution in [3.63, 3.8) is 0 Å². The summed E-state index contributed by atoms with van der Waals surface area (Å²) in [5, 5.41) is 2.88. The van der Waals surface area contributed by atoms with Crippen molar-refractivity contribution in [2.75, 3.05) is 5.32 Å². The molecule has 3 heteroatoms. The van der Waals surface area contributed by atoms with Crippen molar-refractivity contribution < 1.29 is 4.79 Å². The van der Waals surface area contributed by atoms with E-state index < -0.39 is 0 Å². The van der Waals surface area contributed by atoms with Gasteiger partial charge in [0.1, 0.15) is 0 Å². The Morgan fingerprint density at radius 2 is 1.76 bits per heavy atom. The van der Waals surface area contributed by atoms with E-state index in [-0.39, 0.29) is 5.91 Å². The van der Waals surface area contributed by atoms with Gasteiger partial charge in [0.05, 0.1) is 5.56 Å². The minimum absolute atomic E-state index is 0.0734. The average Bonchev–Trinajstić information content (AvgIpc) is 2.61. The van der Waals surface area contributed by atoms with Crippen LogP contribution in [0.5, 0.6) is 0 Å². The van der Waals surface area contributed by atoms with E-state index >= 15 is 0 Å². The van der Waals surface area contributed by atoms with E-state index in [1.165, 1.54) is 5.56 Å². The molecule has 0 fully saturated rings. The second-order valence-corrected chi connectivity index (χ2v) is 4.31. The molecule has 0 aliphatic heterocycles. The number of anilines is 1. The number of amides is 1. The molecule has 0 saturated heterocycles. The van der Waals surface area contributed by atoms with Gasteiger partial charge in [0.2, 0.25) is 0 Å². The Bertz CT molecular complexity index is 538. The van der Waals surface area contributed by atoms with Gasteiger partial charge in [0, 0.05) is 17.1 Å². The fraction of sp³-hybridized carbons (Fsp3) is 0.214. The zero-order chi connectivity index (χ0) is 12.4. The number of aromatic amines is 1. The van der Waals surface area contributed by atoms with Crippen molar-refractivity contribution >= 4 is 11.6 Å². The Balaban J connectivity index is 2.17. The molecule has 1 heterocycles. The Hall–Kier alpha value is -2.03. The topological polar surface area (TPSA) is 44.9 Å². The van der Waals surface area contributed by atoms with E-state index in [9.17, 15) is 4.79 Å². The first kappa shape index (κ1) is 11.5. The Labute approximate surface area is 101 Å². The molecule has 0 saturated carbocycles. The summed E-state index contributed by atoms with van der Waals surface area (Å²) in [5.41, 5.74) is 4.59. The van der Waals surface area contributed by atoms with Crippen LogP contribution in [-0.4, -0.2) is 10.9 Å². The lowest BCUT2D eigenvalue weighted by molar-refractivity contribution is 0.102. The van der Waals surface area contributed by atoms with Gasteiger partial charge in [-0.05, 0) is 39.0 Å². The number of benzene rings is 1. The number of nitrogens with one attached hydrogen (secondary N) is 2. The summed E-state index contributed by atoms with van der Waals surface area (Å²) in [6.07, 6.45) is 0. The zero-order valence-electron chi connectivity index (χ0n) is 10.3. The van der Waals surface area contributed by atoms with Gasteiger partial charge in [0.25, 0.3) is 5.91 Å². The highest BCUT2D eigenvalue weighted by Gasteiger charge is 2.11. The minimum atomic E-state index is -0.0734. The number of aromatic nitrogens is 1. The van der Waals surface area contributed by atoms with Crippen LogP contribution in [0.1, 0.15) is 27.3 Å². The van der Waals surface area contributed by atoms with E-state index in [1.54, 1.807) is 0 Å². The van der Waals surface area contributed by atoms with Crippen molar-refractivity contribution in [3.8, 4) is 0 Å². The van der Waals surface area contributed by atoms with E-state index in [1.807, 2.05) is 51.1 Å². The molecular weight excluding hydrogens is 212 g/mol. The van der Waals surface area contributed by atoms with Gasteiger partial charge in [-0.3, -0.25) is 4.79 Å². The summed E-state index contributed by atoms with van der Waals surface area (Å²) >= 11 is 0. The van der Waals surface area contributed by atoms with Crippen LogP contribution in [0.25, 0.3) is 0 Å². The second-order valence-electron chi connectivity index (χ2n) is 4.31. The van der Waals surface area contributed by atoms with E-state index in [2.05, 4.69) is 10.3 Å². The fourth-order valence-electron chi connectivity index (χ4n) is 1.80. The van der Waals surface area contributed by atoms with Gasteiger partial charge in [-0.25, -0.2) is 0 Å². The molecule has 2 rings (SSSR count). The summed E-state index contributed by atoms with van der Waals surface area (Å²) in [7, 11) is 0. The maximum Gasteiger partial charge on any atom is 0.257 e. The van der Waals surface area contributed by atoms with Crippen molar-refractivity contribution in [1.82, 2.24) is 4.98 Å². The van der Waals surface area contributed by atoms with Crippen LogP contribution in [0.15, 0.2) is 30.3 Å². The number of carbonyl (C=O) groups excluding carboxylic acids is 1. The Morgan fingerprint density at radius 1 is 1.12 bits per heavy atom. The monoisotopic (exact) mass is 228 g/mol. The summed E-state index contributed by atoms with van der Waals surface area (Å²) in [4.78, 5) is 15.1. The number of rotatable bonds is 2. The maximum absolute atomic E-state index is 12.0. The first-order valence-corrected chi connectivity index (χ1v) is 5.60. The SMILES string of the molecule is Cc1ccc(NC(=O)c2cc(C)[nH]c2C)cc1. The highest BCUT2D eigenvalue weighted by molar-refractivity contribution is 6.05. The zero-order valence-corrected chi connectivity index (χ0v) is 10.3. The van der Waals surface area contributed by atoms with Gasteiger partial charge < -0.3 is 10.3 Å². The summed E-state index contributed by atoms with van der Waals surface area (Å²) in [5.74, 6) is -0.0734. The third kappa shape index (κ3) is 2.56. The molecule has 0 radical (unpaired) electrons. The largest absolute Gasteiger partial charge is 0.362 e. The van der Waals surface area contributed by atoms with Crippen molar-refractivity contribution in [3.05, 3.63) is 52.8 Å². The highest BCUT2D eigenvalue weighted by atomic mass is 16.1. The third-order valence-corrected chi connectivity index (χ3v) is 2.70. The number of H-pyrrole nitrogens is 1. The van der Waals surface area contributed by atoms with Crippen LogP contribution in [0.2, 0.25) is 0 Å². The lowest BCUT2D eigenvalue weighted by Crippen LogP contribution is -2.12. The lowest BCUT2D eigenvalue weighted by atomic mass is 10.2. The van der Waals surface area contributed by atoms with Crippen LogP contribution >= 0.6 is 0 Å². The second kappa shape index (κ2) is 4.45. The molecule has 0 unspecified atom stereocenters. The molecule has 0 bridgehead atoms. The molecule has 0 atom stereocenters. The summed E-state index contributed by atoms with van der Waals surface area (Å²) in [6, 6.07) is 9.62. The lowest BCUT2D eigenvalue weighted by Gasteiger charge is -2.04. The molecular formula is C14H16N2O. The average molecular weight is 228 g/mol. The summed E-state index contributed by atoms with van der Waals surface area (Å²) in [6.45, 7) is 5.86. The molecule has 1 aromatic carbocycles. The minimum Gasteiger partial charge on any atom is -0.362 e. The van der Waals surface area contributed by atoms with Crippen molar-refractivity contribution in [2.24, 2.45) is 0 Å². The van der Waals surface area contributed by atoms with Crippen LogP contribution in [0, 0.1) is 20.8 Å². The molecule has 1 aromatic heterocycles. The van der Waals surface area contributed by atoms with Gasteiger partial charge in [-0.1, -0.05) is 17.7 Å². The summed E-state index contributed by atoms with van der Waals surface area (Å²) < 4.78 is 0. The molecule has 17 heavy (non-hydrogen) atoms. The fourth-order valence-corrected chi connectivity index (χ4v) is 1.80. The molecule has 1 amide bonds. The molecule has 0 aliphatic rings. The quantitative estimate of drug-likeness (QED) is 0.814. The number of carbonyl (C=O) groups is 1. The molecule has 0 spiro atoms. The van der Waals surface area contributed by atoms with Crippen LogP contribution in [-0.2, 0) is 0 Å². The standard InChI is InChI=1S/C14H16N2O/c1-9-4-6-12(7-5-9)16-14(17)13-8-10(2)15-11(13)3/h4-8,15H,1-3H3,(H,16,17). The molecule has 0 aliphatic carbocycles. The molecule has 2 aromatic rings. The number of hydrogen-bond acceptors (Lipinski definition) is 1. The van der Waals surface area contributed by atoms with Crippen LogP contribution in [0.4, 0.5) is 5.69 Å². The maximum atomic E-state index is 12.0. The van der Waals surface area contributed by atoms with E-state index in [0.717, 1.165) is 17.1 Å². The highest BCUT2D eigenvalue weighted by Crippen LogP contribution is 2.14. The van der Waals surface area contributed by atoms with Crippen molar-refractivity contribution in [2.45, 2.75) is 20.8 Å². The predicted octanol–water partition coefficient (Wildman–Crippen LogP) is 3.19.